The number of hydrogen-bond acceptors (Lipinski definition) is 3. The van der Waals surface area contributed by atoms with E-state index in [1.807, 2.05) is 0 Å². The van der Waals surface area contributed by atoms with Crippen molar-refractivity contribution in [2.45, 2.75) is 0 Å². The van der Waals surface area contributed by atoms with Gasteiger partial charge >= 0.3 is 7.80 Å². The maximum absolute atomic E-state index is 10.4. The zero-order valence-corrected chi connectivity index (χ0v) is 5.19. The Morgan fingerprint density at radius 3 is 2.00 bits per heavy atom. The van der Waals surface area contributed by atoms with Crippen LogP contribution in [0, 0.1) is 0 Å². The summed E-state index contributed by atoms with van der Waals surface area (Å²) in [7, 11) is -1.19. The van der Waals surface area contributed by atoms with Gasteiger partial charge in [0.05, 0.1) is 0 Å². The molecule has 48 valence electrons. The summed E-state index contributed by atoms with van der Waals surface area (Å²) in [4.78, 5) is 0. The molecule has 5 heteroatoms. The fourth-order valence-corrected chi connectivity index (χ4v) is 1.01. The van der Waals surface area contributed by atoms with Gasteiger partial charge in [-0.1, -0.05) is 4.57 Å². The van der Waals surface area contributed by atoms with Gasteiger partial charge in [-0.15, -0.1) is 0 Å². The first-order chi connectivity index (χ1) is 3.39. The van der Waals surface area contributed by atoms with E-state index in [9.17, 15) is 4.57 Å². The molecular formula is C3H8O4P+. The molecule has 8 heavy (non-hydrogen) atoms. The highest BCUT2D eigenvalue weighted by Crippen LogP contribution is 2.22. The SMILES string of the molecule is O.O=[P+]1COCOC1. The summed E-state index contributed by atoms with van der Waals surface area (Å²) in [5.74, 6) is 0. The van der Waals surface area contributed by atoms with Gasteiger partial charge in [0.1, 0.15) is 0 Å². The van der Waals surface area contributed by atoms with Gasteiger partial charge in [0.25, 0.3) is 0 Å². The predicted molar refractivity (Wildman–Crippen MR) is 28.0 cm³/mol. The third-order valence-corrected chi connectivity index (χ3v) is 1.58. The highest BCUT2D eigenvalue weighted by molar-refractivity contribution is 7.44. The zero-order valence-electron chi connectivity index (χ0n) is 4.29. The molecule has 0 unspecified atom stereocenters. The molecule has 1 fully saturated rings. The lowest BCUT2D eigenvalue weighted by molar-refractivity contribution is -0.0360. The maximum Gasteiger partial charge on any atom is 0.395 e. The van der Waals surface area contributed by atoms with Crippen LogP contribution >= 0.6 is 7.80 Å². The van der Waals surface area contributed by atoms with E-state index in [4.69, 9.17) is 0 Å². The maximum atomic E-state index is 10.4. The van der Waals surface area contributed by atoms with E-state index in [1.54, 1.807) is 0 Å². The highest BCUT2D eigenvalue weighted by atomic mass is 31.1. The molecule has 1 heterocycles. The van der Waals surface area contributed by atoms with Crippen LogP contribution in [0.3, 0.4) is 0 Å². The third-order valence-electron chi connectivity index (χ3n) is 0.637. The lowest BCUT2D eigenvalue weighted by atomic mass is 11.3. The first kappa shape index (κ1) is 7.98. The normalized spacial score (nSPS) is 19.8. The van der Waals surface area contributed by atoms with Gasteiger partial charge < -0.3 is 14.9 Å². The van der Waals surface area contributed by atoms with E-state index in [2.05, 4.69) is 9.47 Å². The standard InChI is InChI=1S/C3H6O3P.H2O/c4-7-2-5-1-6-3-7;/h1-3H2;1H2/q+1;. The lowest BCUT2D eigenvalue weighted by Gasteiger charge is -2.00. The van der Waals surface area contributed by atoms with Gasteiger partial charge in [0, 0.05) is 0 Å². The van der Waals surface area contributed by atoms with Gasteiger partial charge in [-0.3, -0.25) is 0 Å². The first-order valence-electron chi connectivity index (χ1n) is 1.97. The minimum absolute atomic E-state index is 0. The molecule has 0 aromatic rings. The van der Waals surface area contributed by atoms with Gasteiger partial charge in [-0.2, -0.15) is 0 Å². The van der Waals surface area contributed by atoms with Crippen LogP contribution in [0.4, 0.5) is 0 Å². The number of ether oxygens (including phenoxy) is 2. The van der Waals surface area contributed by atoms with Crippen molar-refractivity contribution in [2.24, 2.45) is 0 Å². The van der Waals surface area contributed by atoms with E-state index in [0.717, 1.165) is 0 Å². The van der Waals surface area contributed by atoms with E-state index in [1.165, 1.54) is 0 Å². The Bertz CT molecular complexity index is 75.4. The van der Waals surface area contributed by atoms with Crippen LogP contribution in [0.15, 0.2) is 0 Å². The largest absolute Gasteiger partial charge is 0.412 e. The predicted octanol–water partition coefficient (Wildman–Crippen LogP) is -0.0916. The second-order valence-corrected chi connectivity index (χ2v) is 2.75. The summed E-state index contributed by atoms with van der Waals surface area (Å²) in [5.41, 5.74) is 0. The smallest absolute Gasteiger partial charge is 0.395 e. The second kappa shape index (κ2) is 3.92. The van der Waals surface area contributed by atoms with Crippen molar-refractivity contribution < 1.29 is 19.5 Å². The van der Waals surface area contributed by atoms with Crippen molar-refractivity contribution in [2.75, 3.05) is 19.5 Å². The quantitative estimate of drug-likeness (QED) is 0.440. The minimum Gasteiger partial charge on any atom is -0.412 e. The van der Waals surface area contributed by atoms with Crippen molar-refractivity contribution in [3.8, 4) is 0 Å². The number of hydrogen-bond donors (Lipinski definition) is 0. The van der Waals surface area contributed by atoms with E-state index < -0.39 is 7.80 Å². The lowest BCUT2D eigenvalue weighted by Crippen LogP contribution is -2.06. The topological polar surface area (TPSA) is 67.0 Å². The molecule has 0 amide bonds. The van der Waals surface area contributed by atoms with Crippen molar-refractivity contribution in [3.05, 3.63) is 0 Å². The molecule has 0 saturated carbocycles. The molecule has 1 aliphatic heterocycles. The Morgan fingerprint density at radius 1 is 1.25 bits per heavy atom. The fraction of sp³-hybridized carbons (Fsp3) is 1.00. The van der Waals surface area contributed by atoms with Crippen molar-refractivity contribution in [1.29, 1.82) is 0 Å². The van der Waals surface area contributed by atoms with Crippen LogP contribution < -0.4 is 0 Å². The molecule has 1 rings (SSSR count). The average molecular weight is 139 g/mol. The highest BCUT2D eigenvalue weighted by Gasteiger charge is 2.19. The van der Waals surface area contributed by atoms with Gasteiger partial charge in [0.2, 0.25) is 12.7 Å². The van der Waals surface area contributed by atoms with E-state index >= 15 is 0 Å². The van der Waals surface area contributed by atoms with Crippen LogP contribution in [0.5, 0.6) is 0 Å². The van der Waals surface area contributed by atoms with Crippen molar-refractivity contribution in [3.63, 3.8) is 0 Å². The zero-order chi connectivity index (χ0) is 5.11. The second-order valence-electron chi connectivity index (χ2n) is 1.27. The number of rotatable bonds is 0. The summed E-state index contributed by atoms with van der Waals surface area (Å²) in [6.45, 7) is 0.307. The minimum atomic E-state index is -1.19. The van der Waals surface area contributed by atoms with Gasteiger partial charge in [-0.05, 0) is 0 Å². The third kappa shape index (κ3) is 2.33. The Labute approximate surface area is 47.9 Å². The van der Waals surface area contributed by atoms with Crippen LogP contribution in [-0.2, 0) is 14.0 Å². The van der Waals surface area contributed by atoms with Crippen LogP contribution in [0.2, 0.25) is 0 Å². The van der Waals surface area contributed by atoms with Gasteiger partial charge in [0.15, 0.2) is 6.79 Å². The Morgan fingerprint density at radius 2 is 1.75 bits per heavy atom. The molecular weight excluding hydrogens is 131 g/mol. The Balaban J connectivity index is 0.000000490. The van der Waals surface area contributed by atoms with Crippen LogP contribution in [0.1, 0.15) is 0 Å². The molecule has 0 aromatic heterocycles. The Kier molecular flexibility index (Phi) is 3.91. The fourth-order valence-electron chi connectivity index (χ4n) is 0.374. The molecule has 0 aliphatic carbocycles. The summed E-state index contributed by atoms with van der Waals surface area (Å²) in [6.07, 6.45) is 0.741. The molecule has 0 spiro atoms. The van der Waals surface area contributed by atoms with Crippen LogP contribution in [-0.4, -0.2) is 25.0 Å². The Hall–Kier alpha value is -0.0200. The molecule has 2 N–H and O–H groups in total. The molecule has 0 atom stereocenters. The summed E-state index contributed by atoms with van der Waals surface area (Å²) < 4.78 is 19.7. The van der Waals surface area contributed by atoms with E-state index in [-0.39, 0.29) is 5.48 Å². The molecule has 1 saturated heterocycles. The summed E-state index contributed by atoms with van der Waals surface area (Å²) >= 11 is 0. The summed E-state index contributed by atoms with van der Waals surface area (Å²) in [6, 6.07) is 0. The molecule has 0 aromatic carbocycles. The van der Waals surface area contributed by atoms with E-state index in [0.29, 0.717) is 19.5 Å². The molecule has 1 aliphatic rings. The average Bonchev–Trinajstić information content (AvgIpc) is 1.69. The molecule has 0 bridgehead atoms. The van der Waals surface area contributed by atoms with Gasteiger partial charge in [-0.25, -0.2) is 0 Å². The van der Waals surface area contributed by atoms with Crippen molar-refractivity contribution >= 4 is 7.80 Å². The monoisotopic (exact) mass is 139 g/mol. The van der Waals surface area contributed by atoms with Crippen LogP contribution in [0.25, 0.3) is 0 Å². The first-order valence-corrected chi connectivity index (χ1v) is 3.60. The van der Waals surface area contributed by atoms with Crippen molar-refractivity contribution in [1.82, 2.24) is 0 Å². The molecule has 0 radical (unpaired) electrons. The summed E-state index contributed by atoms with van der Waals surface area (Å²) in [5, 5.41) is 0. The molecule has 4 nitrogen and oxygen atoms in total.